The van der Waals surface area contributed by atoms with E-state index in [0.717, 1.165) is 48.9 Å². The number of hydrogen-bond acceptors (Lipinski definition) is 5. The highest BCUT2D eigenvalue weighted by atomic mass is 32.2. The standard InChI is InChI=1S/C22H29N5O4S/c1-13-10-27-21(31-11-13)18(9-24-27)32(23,29)26-22(28)25-20-17-5-3-4-14(17)8-15-6-7-16(12-30-2)19(15)20/h8-9,13,16H,3-7,10-12H2,1-2H3,(H3,23,25,26,28,29)/t13-,16?,32?/m0/s1. The van der Waals surface area contributed by atoms with Crippen molar-refractivity contribution in [3.05, 3.63) is 34.5 Å². The van der Waals surface area contributed by atoms with Gasteiger partial charge in [-0.1, -0.05) is 13.0 Å². The maximum Gasteiger partial charge on any atom is 0.354 e. The third kappa shape index (κ3) is 3.70. The zero-order chi connectivity index (χ0) is 22.5. The normalized spacial score (nSPS) is 23.0. The number of benzene rings is 1. The minimum atomic E-state index is -3.52. The molecule has 0 spiro atoms. The molecule has 0 saturated heterocycles. The van der Waals surface area contributed by atoms with E-state index >= 15 is 0 Å². The van der Waals surface area contributed by atoms with E-state index in [1.165, 1.54) is 17.3 Å². The fourth-order valence-corrected chi connectivity index (χ4v) is 6.19. The van der Waals surface area contributed by atoms with E-state index in [1.807, 2.05) is 6.92 Å². The number of urea groups is 1. The molecule has 2 amide bonds. The fourth-order valence-electron chi connectivity index (χ4n) is 5.19. The van der Waals surface area contributed by atoms with Crippen LogP contribution in [0.15, 0.2) is 21.5 Å². The summed E-state index contributed by atoms with van der Waals surface area (Å²) in [5.41, 5.74) is 5.61. The van der Waals surface area contributed by atoms with Crippen LogP contribution in [0.2, 0.25) is 0 Å². The number of anilines is 1. The first-order valence-electron chi connectivity index (χ1n) is 11.1. The molecule has 3 N–H and O–H groups in total. The average molecular weight is 460 g/mol. The van der Waals surface area contributed by atoms with E-state index in [9.17, 15) is 9.00 Å². The summed E-state index contributed by atoms with van der Waals surface area (Å²) in [5.74, 6) is 0.831. The molecule has 2 aliphatic carbocycles. The van der Waals surface area contributed by atoms with Crippen LogP contribution in [-0.4, -0.2) is 40.3 Å². The number of carbonyl (C=O) groups excluding carboxylic acids is 1. The zero-order valence-corrected chi connectivity index (χ0v) is 19.2. The van der Waals surface area contributed by atoms with Gasteiger partial charge in [0.2, 0.25) is 5.88 Å². The number of rotatable bonds is 4. The molecular formula is C22H29N5O4S. The van der Waals surface area contributed by atoms with Crippen LogP contribution in [0.1, 0.15) is 47.9 Å². The van der Waals surface area contributed by atoms with Crippen LogP contribution in [-0.2, 0) is 40.5 Å². The highest BCUT2D eigenvalue weighted by molar-refractivity contribution is 7.91. The van der Waals surface area contributed by atoms with Crippen LogP contribution >= 0.6 is 0 Å². The Bertz CT molecular complexity index is 1200. The number of aryl methyl sites for hydroxylation is 2. The van der Waals surface area contributed by atoms with E-state index in [2.05, 4.69) is 20.8 Å². The Balaban J connectivity index is 1.49. The molecule has 5 rings (SSSR count). The molecule has 1 aromatic heterocycles. The van der Waals surface area contributed by atoms with Gasteiger partial charge in [-0.15, -0.1) is 4.36 Å². The summed E-state index contributed by atoms with van der Waals surface area (Å²) >= 11 is 0. The molecule has 0 saturated carbocycles. The Morgan fingerprint density at radius 1 is 1.41 bits per heavy atom. The molecule has 9 nitrogen and oxygen atoms in total. The largest absolute Gasteiger partial charge is 0.477 e. The van der Waals surface area contributed by atoms with E-state index in [-0.39, 0.29) is 16.7 Å². The smallest absolute Gasteiger partial charge is 0.354 e. The third-order valence-electron chi connectivity index (χ3n) is 6.58. The Hall–Kier alpha value is -2.43. The summed E-state index contributed by atoms with van der Waals surface area (Å²) in [6.07, 6.45) is 6.29. The molecule has 32 heavy (non-hydrogen) atoms. The molecule has 172 valence electrons. The van der Waals surface area contributed by atoms with E-state index in [0.29, 0.717) is 25.6 Å². The van der Waals surface area contributed by atoms with E-state index in [4.69, 9.17) is 14.6 Å². The highest BCUT2D eigenvalue weighted by Crippen LogP contribution is 2.44. The number of amides is 2. The van der Waals surface area contributed by atoms with Crippen molar-refractivity contribution in [3.63, 3.8) is 0 Å². The Kier molecular flexibility index (Phi) is 5.47. The predicted octanol–water partition coefficient (Wildman–Crippen LogP) is 3.01. The zero-order valence-electron chi connectivity index (χ0n) is 18.4. The average Bonchev–Trinajstić information content (AvgIpc) is 3.46. The molecular weight excluding hydrogens is 430 g/mol. The van der Waals surface area contributed by atoms with E-state index < -0.39 is 15.9 Å². The number of aromatic nitrogens is 2. The summed E-state index contributed by atoms with van der Waals surface area (Å²) in [5, 5.41) is 13.2. The second kappa shape index (κ2) is 8.17. The molecule has 2 heterocycles. The van der Waals surface area contributed by atoms with Gasteiger partial charge in [0.05, 0.1) is 26.0 Å². The van der Waals surface area contributed by atoms with Crippen molar-refractivity contribution in [2.75, 3.05) is 25.6 Å². The fraction of sp³-hybridized carbons (Fsp3) is 0.545. The van der Waals surface area contributed by atoms with Crippen LogP contribution < -0.4 is 15.2 Å². The van der Waals surface area contributed by atoms with Gasteiger partial charge >= 0.3 is 6.03 Å². The van der Waals surface area contributed by atoms with Gasteiger partial charge in [-0.25, -0.2) is 18.8 Å². The van der Waals surface area contributed by atoms with Crippen molar-refractivity contribution in [3.8, 4) is 5.88 Å². The van der Waals surface area contributed by atoms with Crippen molar-refractivity contribution in [1.82, 2.24) is 9.78 Å². The molecule has 0 radical (unpaired) electrons. The number of nitrogens with one attached hydrogen (secondary N) is 1. The lowest BCUT2D eigenvalue weighted by molar-refractivity contribution is 0.171. The lowest BCUT2D eigenvalue weighted by atomic mass is 9.94. The van der Waals surface area contributed by atoms with Gasteiger partial charge in [-0.2, -0.15) is 5.10 Å². The minimum absolute atomic E-state index is 0.153. The number of ether oxygens (including phenoxy) is 2. The van der Waals surface area contributed by atoms with Crippen molar-refractivity contribution >= 4 is 21.6 Å². The number of nitrogens with zero attached hydrogens (tertiary/aromatic N) is 3. The SMILES string of the molecule is COCC1CCc2cc3c(c(NC(=O)N=S(N)(=O)c4cnn5c4OC[C@@H](C)C5)c21)CCC3. The number of carbonyl (C=O) groups is 1. The van der Waals surface area contributed by atoms with Crippen LogP contribution in [0.25, 0.3) is 0 Å². The van der Waals surface area contributed by atoms with Crippen LogP contribution in [0.4, 0.5) is 10.5 Å². The van der Waals surface area contributed by atoms with Gasteiger partial charge < -0.3 is 14.8 Å². The molecule has 2 aromatic rings. The molecule has 1 aliphatic heterocycles. The molecule has 0 bridgehead atoms. The number of fused-ring (bicyclic) bond motifs is 3. The minimum Gasteiger partial charge on any atom is -0.477 e. The Labute approximate surface area is 188 Å². The molecule has 10 heteroatoms. The van der Waals surface area contributed by atoms with Gasteiger partial charge in [-0.05, 0) is 54.4 Å². The first kappa shape index (κ1) is 21.4. The topological polar surface area (TPSA) is 121 Å². The summed E-state index contributed by atoms with van der Waals surface area (Å²) < 4.78 is 29.9. The second-order valence-electron chi connectivity index (χ2n) is 9.01. The maximum absolute atomic E-state index is 13.2. The molecule has 0 fully saturated rings. The first-order valence-corrected chi connectivity index (χ1v) is 12.7. The van der Waals surface area contributed by atoms with Crippen LogP contribution in [0.3, 0.4) is 0 Å². The Morgan fingerprint density at radius 3 is 3.06 bits per heavy atom. The van der Waals surface area contributed by atoms with Crippen molar-refractivity contribution in [2.45, 2.75) is 56.4 Å². The molecule has 3 atom stereocenters. The number of hydrogen-bond donors (Lipinski definition) is 2. The van der Waals surface area contributed by atoms with Crippen LogP contribution in [0, 0.1) is 5.92 Å². The molecule has 2 unspecified atom stereocenters. The van der Waals surface area contributed by atoms with E-state index in [1.54, 1.807) is 11.8 Å². The summed E-state index contributed by atoms with van der Waals surface area (Å²) in [6, 6.07) is 1.57. The highest BCUT2D eigenvalue weighted by Gasteiger charge is 2.32. The maximum atomic E-state index is 13.2. The Morgan fingerprint density at radius 2 is 2.25 bits per heavy atom. The number of nitrogens with two attached hydrogens (primary N) is 1. The van der Waals surface area contributed by atoms with Gasteiger partial charge in [0.15, 0.2) is 9.92 Å². The van der Waals surface area contributed by atoms with Crippen molar-refractivity contribution in [2.24, 2.45) is 15.4 Å². The summed E-state index contributed by atoms with van der Waals surface area (Å²) in [4.78, 5) is 13.1. The second-order valence-corrected chi connectivity index (χ2v) is 10.8. The monoisotopic (exact) mass is 459 g/mol. The van der Waals surface area contributed by atoms with Gasteiger partial charge in [-0.3, -0.25) is 0 Å². The summed E-state index contributed by atoms with van der Waals surface area (Å²) in [7, 11) is -1.82. The first-order chi connectivity index (χ1) is 15.4. The predicted molar refractivity (Wildman–Crippen MR) is 120 cm³/mol. The quantitative estimate of drug-likeness (QED) is 0.728. The summed E-state index contributed by atoms with van der Waals surface area (Å²) in [6.45, 7) is 3.75. The lowest BCUT2D eigenvalue weighted by Crippen LogP contribution is -2.25. The third-order valence-corrected chi connectivity index (χ3v) is 7.93. The van der Waals surface area contributed by atoms with Crippen molar-refractivity contribution in [1.29, 1.82) is 0 Å². The molecule has 3 aliphatic rings. The van der Waals surface area contributed by atoms with Crippen LogP contribution in [0.5, 0.6) is 5.88 Å². The molecule has 1 aromatic carbocycles. The van der Waals surface area contributed by atoms with Crippen molar-refractivity contribution < 1.29 is 18.5 Å². The van der Waals surface area contributed by atoms with Gasteiger partial charge in [0.1, 0.15) is 4.90 Å². The number of methoxy groups -OCH3 is 1. The lowest BCUT2D eigenvalue weighted by Gasteiger charge is -2.21. The van der Waals surface area contributed by atoms with Gasteiger partial charge in [0, 0.05) is 24.6 Å². The van der Waals surface area contributed by atoms with Gasteiger partial charge in [0.25, 0.3) is 0 Å².